The van der Waals surface area contributed by atoms with Gasteiger partial charge in [0.2, 0.25) is 0 Å². The van der Waals surface area contributed by atoms with Crippen molar-refractivity contribution in [1.82, 2.24) is 15.0 Å². The molecule has 150 valence electrons. The third-order valence-corrected chi connectivity index (χ3v) is 4.75. The van der Waals surface area contributed by atoms with Crippen molar-refractivity contribution in [2.75, 3.05) is 14.2 Å². The van der Waals surface area contributed by atoms with E-state index < -0.39 is 5.97 Å². The number of aromatic nitrogens is 3. The van der Waals surface area contributed by atoms with Crippen molar-refractivity contribution >= 4 is 5.97 Å². The van der Waals surface area contributed by atoms with E-state index in [1.807, 2.05) is 42.5 Å². The Morgan fingerprint density at radius 2 is 1.60 bits per heavy atom. The van der Waals surface area contributed by atoms with Gasteiger partial charge in [0.15, 0.2) is 11.5 Å². The molecular weight excluding hydrogens is 382 g/mol. The minimum absolute atomic E-state index is 0.210. The van der Waals surface area contributed by atoms with E-state index in [0.717, 1.165) is 16.8 Å². The summed E-state index contributed by atoms with van der Waals surface area (Å²) in [4.78, 5) is 11.2. The van der Waals surface area contributed by atoms with E-state index in [-0.39, 0.29) is 5.56 Å². The number of nitrogens with zero attached hydrogens (tertiary/aromatic N) is 3. The molecule has 0 aliphatic carbocycles. The molecule has 0 saturated heterocycles. The Labute approximate surface area is 173 Å². The lowest BCUT2D eigenvalue weighted by Crippen LogP contribution is -1.95. The van der Waals surface area contributed by atoms with E-state index in [9.17, 15) is 4.79 Å². The van der Waals surface area contributed by atoms with E-state index >= 15 is 0 Å². The van der Waals surface area contributed by atoms with Crippen LogP contribution in [0.2, 0.25) is 0 Å². The third-order valence-electron chi connectivity index (χ3n) is 4.75. The highest BCUT2D eigenvalue weighted by Gasteiger charge is 2.10. The number of carboxylic acid groups (broad SMARTS) is 1. The van der Waals surface area contributed by atoms with Crippen LogP contribution >= 0.6 is 0 Å². The van der Waals surface area contributed by atoms with Gasteiger partial charge in [-0.3, -0.25) is 0 Å². The SMILES string of the molecule is COc1ccc(-c2ccc(-n3cc(-c4cccc(C(=O)O)c4)nn3)cc2)cc1OC. The summed E-state index contributed by atoms with van der Waals surface area (Å²) >= 11 is 0. The summed E-state index contributed by atoms with van der Waals surface area (Å²) in [7, 11) is 3.22. The summed E-state index contributed by atoms with van der Waals surface area (Å²) < 4.78 is 12.3. The van der Waals surface area contributed by atoms with Crippen molar-refractivity contribution < 1.29 is 19.4 Å². The highest BCUT2D eigenvalue weighted by molar-refractivity contribution is 5.89. The van der Waals surface area contributed by atoms with Crippen molar-refractivity contribution in [2.24, 2.45) is 0 Å². The van der Waals surface area contributed by atoms with Crippen LogP contribution in [0.25, 0.3) is 28.1 Å². The molecule has 4 aromatic rings. The average Bonchev–Trinajstić information content (AvgIpc) is 3.29. The number of methoxy groups -OCH3 is 2. The molecule has 1 aromatic heterocycles. The van der Waals surface area contributed by atoms with Crippen LogP contribution in [0.3, 0.4) is 0 Å². The van der Waals surface area contributed by atoms with Gasteiger partial charge >= 0.3 is 5.97 Å². The van der Waals surface area contributed by atoms with Gasteiger partial charge in [0, 0.05) is 5.56 Å². The second-order valence-corrected chi connectivity index (χ2v) is 6.55. The minimum Gasteiger partial charge on any atom is -0.493 e. The summed E-state index contributed by atoms with van der Waals surface area (Å²) in [6.45, 7) is 0. The van der Waals surface area contributed by atoms with Crippen LogP contribution in [0.1, 0.15) is 10.4 Å². The summed E-state index contributed by atoms with van der Waals surface area (Å²) in [5.74, 6) is 0.374. The topological polar surface area (TPSA) is 86.5 Å². The molecule has 0 aliphatic rings. The molecule has 0 saturated carbocycles. The first kappa shape index (κ1) is 19.2. The van der Waals surface area contributed by atoms with Crippen molar-refractivity contribution in [2.45, 2.75) is 0 Å². The maximum atomic E-state index is 11.2. The molecule has 0 unspecified atom stereocenters. The Hall–Kier alpha value is -4.13. The second-order valence-electron chi connectivity index (χ2n) is 6.55. The smallest absolute Gasteiger partial charge is 0.335 e. The summed E-state index contributed by atoms with van der Waals surface area (Å²) in [6, 6.07) is 20.3. The van der Waals surface area contributed by atoms with Gasteiger partial charge < -0.3 is 14.6 Å². The van der Waals surface area contributed by atoms with Crippen molar-refractivity contribution in [3.05, 3.63) is 78.5 Å². The molecule has 0 fully saturated rings. The number of hydrogen-bond acceptors (Lipinski definition) is 5. The van der Waals surface area contributed by atoms with Crippen LogP contribution in [0.15, 0.2) is 72.9 Å². The van der Waals surface area contributed by atoms with E-state index in [0.29, 0.717) is 22.8 Å². The van der Waals surface area contributed by atoms with Crippen LogP contribution in [-0.2, 0) is 0 Å². The summed E-state index contributed by atoms with van der Waals surface area (Å²) in [5, 5.41) is 17.5. The second kappa shape index (κ2) is 8.08. The molecule has 4 rings (SSSR count). The maximum Gasteiger partial charge on any atom is 0.335 e. The molecule has 1 N–H and O–H groups in total. The van der Waals surface area contributed by atoms with Gasteiger partial charge in [-0.15, -0.1) is 5.10 Å². The number of carbonyl (C=O) groups is 1. The predicted molar refractivity (Wildman–Crippen MR) is 112 cm³/mol. The van der Waals surface area contributed by atoms with Crippen LogP contribution in [0.4, 0.5) is 0 Å². The lowest BCUT2D eigenvalue weighted by molar-refractivity contribution is 0.0697. The van der Waals surface area contributed by atoms with Crippen molar-refractivity contribution in [1.29, 1.82) is 0 Å². The molecule has 30 heavy (non-hydrogen) atoms. The Bertz CT molecular complexity index is 1200. The average molecular weight is 401 g/mol. The van der Waals surface area contributed by atoms with Crippen LogP contribution in [-0.4, -0.2) is 40.3 Å². The first-order valence-electron chi connectivity index (χ1n) is 9.18. The molecule has 3 aromatic carbocycles. The lowest BCUT2D eigenvalue weighted by Gasteiger charge is -2.10. The number of aromatic carboxylic acids is 1. The number of rotatable bonds is 6. The molecule has 0 radical (unpaired) electrons. The number of hydrogen-bond donors (Lipinski definition) is 1. The summed E-state index contributed by atoms with van der Waals surface area (Å²) in [6.07, 6.45) is 1.77. The Morgan fingerprint density at radius 3 is 2.30 bits per heavy atom. The van der Waals surface area contributed by atoms with Crippen LogP contribution < -0.4 is 9.47 Å². The van der Waals surface area contributed by atoms with E-state index in [1.165, 1.54) is 0 Å². The number of carboxylic acids is 1. The Balaban J connectivity index is 1.60. The zero-order valence-corrected chi connectivity index (χ0v) is 16.4. The van der Waals surface area contributed by atoms with Gasteiger partial charge in [0.05, 0.1) is 31.7 Å². The highest BCUT2D eigenvalue weighted by atomic mass is 16.5. The largest absolute Gasteiger partial charge is 0.493 e. The molecule has 0 bridgehead atoms. The van der Waals surface area contributed by atoms with Crippen LogP contribution in [0.5, 0.6) is 11.5 Å². The maximum absolute atomic E-state index is 11.2. The third kappa shape index (κ3) is 3.73. The van der Waals surface area contributed by atoms with Crippen molar-refractivity contribution in [3.8, 4) is 39.6 Å². The zero-order valence-electron chi connectivity index (χ0n) is 16.4. The zero-order chi connectivity index (χ0) is 21.1. The fourth-order valence-electron chi connectivity index (χ4n) is 3.16. The number of benzene rings is 3. The van der Waals surface area contributed by atoms with Crippen LogP contribution in [0, 0.1) is 0 Å². The first-order chi connectivity index (χ1) is 14.6. The molecular formula is C23H19N3O4. The van der Waals surface area contributed by atoms with Gasteiger partial charge in [0.25, 0.3) is 0 Å². The highest BCUT2D eigenvalue weighted by Crippen LogP contribution is 2.32. The first-order valence-corrected chi connectivity index (χ1v) is 9.18. The van der Waals surface area contributed by atoms with Gasteiger partial charge in [-0.05, 0) is 47.5 Å². The molecule has 7 nitrogen and oxygen atoms in total. The fourth-order valence-corrected chi connectivity index (χ4v) is 3.16. The van der Waals surface area contributed by atoms with E-state index in [4.69, 9.17) is 14.6 Å². The molecule has 0 amide bonds. The monoisotopic (exact) mass is 401 g/mol. The van der Waals surface area contributed by atoms with Gasteiger partial charge in [-0.2, -0.15) is 0 Å². The number of ether oxygens (including phenoxy) is 2. The quantitative estimate of drug-likeness (QED) is 0.518. The Morgan fingerprint density at radius 1 is 0.867 bits per heavy atom. The van der Waals surface area contributed by atoms with Gasteiger partial charge in [-0.25, -0.2) is 9.48 Å². The molecule has 0 spiro atoms. The van der Waals surface area contributed by atoms with E-state index in [1.54, 1.807) is 49.4 Å². The molecule has 7 heteroatoms. The predicted octanol–water partition coefficient (Wildman–Crippen LogP) is 4.32. The minimum atomic E-state index is -0.977. The lowest BCUT2D eigenvalue weighted by atomic mass is 10.0. The van der Waals surface area contributed by atoms with E-state index in [2.05, 4.69) is 10.3 Å². The Kier molecular flexibility index (Phi) is 5.17. The van der Waals surface area contributed by atoms with Gasteiger partial charge in [-0.1, -0.05) is 35.5 Å². The molecule has 1 heterocycles. The van der Waals surface area contributed by atoms with Crippen molar-refractivity contribution in [3.63, 3.8) is 0 Å². The standard InChI is InChI=1S/C23H19N3O4/c1-29-21-11-8-16(13-22(21)30-2)15-6-9-19(10-7-15)26-14-20(24-25-26)17-4-3-5-18(12-17)23(27)28/h3-14H,1-2H3,(H,27,28). The normalized spacial score (nSPS) is 10.6. The molecule has 0 aliphatic heterocycles. The molecule has 0 atom stereocenters. The summed E-state index contributed by atoms with van der Waals surface area (Å²) in [5.41, 5.74) is 4.37. The van der Waals surface area contributed by atoms with Gasteiger partial charge in [0.1, 0.15) is 5.69 Å². The fraction of sp³-hybridized carbons (Fsp3) is 0.0870.